The van der Waals surface area contributed by atoms with Crippen molar-refractivity contribution in [2.45, 2.75) is 0 Å². The average Bonchev–Trinajstić information content (AvgIpc) is 2.88. The minimum Gasteiger partial charge on any atom is -0.497 e. The first-order valence-corrected chi connectivity index (χ1v) is 10.5. The molecule has 2 amide bonds. The van der Waals surface area contributed by atoms with E-state index in [-0.39, 0.29) is 17.7 Å². The zero-order chi connectivity index (χ0) is 24.1. The molecule has 1 aromatic heterocycles. The molecule has 0 saturated heterocycles. The van der Waals surface area contributed by atoms with Gasteiger partial charge in [-0.3, -0.25) is 19.0 Å². The second-order valence-electron chi connectivity index (χ2n) is 7.40. The maximum Gasteiger partial charge on any atom is 0.263 e. The van der Waals surface area contributed by atoms with Crippen LogP contribution in [-0.4, -0.2) is 37.1 Å². The number of hydrogen-bond acceptors (Lipinski definition) is 5. The Kier molecular flexibility index (Phi) is 6.59. The van der Waals surface area contributed by atoms with Gasteiger partial charge in [-0.1, -0.05) is 36.4 Å². The topological polar surface area (TPSA) is 98.7 Å². The lowest BCUT2D eigenvalue weighted by Crippen LogP contribution is -2.34. The molecule has 2 N–H and O–H groups in total. The number of pyridine rings is 1. The van der Waals surface area contributed by atoms with Crippen LogP contribution in [0.25, 0.3) is 16.5 Å². The van der Waals surface area contributed by atoms with Crippen molar-refractivity contribution < 1.29 is 19.1 Å². The molecule has 34 heavy (non-hydrogen) atoms. The molecular formula is C26H23N3O5. The first-order valence-electron chi connectivity index (χ1n) is 10.5. The molecule has 172 valence electrons. The molecule has 0 aliphatic heterocycles. The van der Waals surface area contributed by atoms with Gasteiger partial charge in [0.25, 0.3) is 11.5 Å². The van der Waals surface area contributed by atoms with Gasteiger partial charge in [0.05, 0.1) is 32.0 Å². The molecule has 0 radical (unpaired) electrons. The number of carbonyl (C=O) groups excluding carboxylic acids is 2. The van der Waals surface area contributed by atoms with Crippen molar-refractivity contribution in [1.82, 2.24) is 9.88 Å². The van der Waals surface area contributed by atoms with E-state index in [9.17, 15) is 14.4 Å². The van der Waals surface area contributed by atoms with Crippen molar-refractivity contribution in [2.75, 3.05) is 26.1 Å². The molecule has 0 saturated carbocycles. The Morgan fingerprint density at radius 1 is 0.882 bits per heavy atom. The highest BCUT2D eigenvalue weighted by Gasteiger charge is 2.17. The first kappa shape index (κ1) is 22.6. The number of fused-ring (bicyclic) bond motifs is 1. The van der Waals surface area contributed by atoms with Gasteiger partial charge in [-0.15, -0.1) is 0 Å². The van der Waals surface area contributed by atoms with Crippen LogP contribution in [0.4, 0.5) is 5.69 Å². The Morgan fingerprint density at radius 2 is 1.62 bits per heavy atom. The molecule has 0 unspecified atom stereocenters. The highest BCUT2D eigenvalue weighted by Crippen LogP contribution is 2.24. The molecule has 4 aromatic rings. The Balaban J connectivity index is 1.63. The van der Waals surface area contributed by atoms with Crippen LogP contribution in [0.3, 0.4) is 0 Å². The van der Waals surface area contributed by atoms with E-state index in [1.54, 1.807) is 72.8 Å². The van der Waals surface area contributed by atoms with E-state index in [2.05, 4.69) is 10.6 Å². The lowest BCUT2D eigenvalue weighted by molar-refractivity contribution is -0.115. The standard InChI is InChI=1S/C26H23N3O5/c1-33-18-9-7-8-17(14-18)28-24(30)15-27-25(31)21-16-29(22-12-5-6-13-23(22)34-2)26(32)20-11-4-3-10-19(20)21/h3-14,16H,15H2,1-2H3,(H,27,31)(H,28,30). The van der Waals surface area contributed by atoms with Crippen molar-refractivity contribution in [3.63, 3.8) is 0 Å². The normalized spacial score (nSPS) is 10.5. The number of amides is 2. The summed E-state index contributed by atoms with van der Waals surface area (Å²) in [6.45, 7) is -0.252. The fourth-order valence-corrected chi connectivity index (χ4v) is 3.64. The lowest BCUT2D eigenvalue weighted by atomic mass is 10.1. The number of benzene rings is 3. The van der Waals surface area contributed by atoms with Gasteiger partial charge in [-0.25, -0.2) is 0 Å². The average molecular weight is 457 g/mol. The smallest absolute Gasteiger partial charge is 0.263 e. The summed E-state index contributed by atoms with van der Waals surface area (Å²) < 4.78 is 11.9. The number of aromatic nitrogens is 1. The van der Waals surface area contributed by atoms with E-state index in [4.69, 9.17) is 9.47 Å². The van der Waals surface area contributed by atoms with Crippen LogP contribution >= 0.6 is 0 Å². The third-order valence-electron chi connectivity index (χ3n) is 5.28. The maximum atomic E-state index is 13.2. The summed E-state index contributed by atoms with van der Waals surface area (Å²) in [7, 11) is 3.05. The largest absolute Gasteiger partial charge is 0.497 e. The number of hydrogen-bond donors (Lipinski definition) is 2. The number of anilines is 1. The van der Waals surface area contributed by atoms with Crippen molar-refractivity contribution in [1.29, 1.82) is 0 Å². The summed E-state index contributed by atoms with van der Waals surface area (Å²) in [5, 5.41) is 6.22. The van der Waals surface area contributed by atoms with Crippen LogP contribution < -0.4 is 25.7 Å². The Morgan fingerprint density at radius 3 is 2.38 bits per heavy atom. The zero-order valence-electron chi connectivity index (χ0n) is 18.7. The third kappa shape index (κ3) is 4.61. The summed E-state index contributed by atoms with van der Waals surface area (Å²) in [5.74, 6) is 0.209. The summed E-state index contributed by atoms with van der Waals surface area (Å²) in [5.41, 5.74) is 1.03. The molecule has 0 aliphatic carbocycles. The Bertz CT molecular complexity index is 1430. The molecule has 0 atom stereocenters. The number of methoxy groups -OCH3 is 2. The van der Waals surface area contributed by atoms with Crippen LogP contribution in [-0.2, 0) is 4.79 Å². The van der Waals surface area contributed by atoms with Crippen molar-refractivity contribution in [3.05, 3.63) is 94.9 Å². The van der Waals surface area contributed by atoms with Gasteiger partial charge in [0.2, 0.25) is 5.91 Å². The fraction of sp³-hybridized carbons (Fsp3) is 0.115. The molecule has 8 heteroatoms. The first-order chi connectivity index (χ1) is 16.5. The molecule has 0 bridgehead atoms. The van der Waals surface area contributed by atoms with E-state index in [0.717, 1.165) is 0 Å². The highest BCUT2D eigenvalue weighted by atomic mass is 16.5. The van der Waals surface area contributed by atoms with Gasteiger partial charge >= 0.3 is 0 Å². The second kappa shape index (κ2) is 9.91. The molecule has 8 nitrogen and oxygen atoms in total. The Hall–Kier alpha value is -4.59. The van der Waals surface area contributed by atoms with Gasteiger partial charge in [0.15, 0.2) is 0 Å². The number of rotatable bonds is 7. The number of ether oxygens (including phenoxy) is 2. The number of nitrogens with zero attached hydrogens (tertiary/aromatic N) is 1. The predicted molar refractivity (Wildman–Crippen MR) is 130 cm³/mol. The minimum atomic E-state index is -0.486. The third-order valence-corrected chi connectivity index (χ3v) is 5.28. The van der Waals surface area contributed by atoms with Gasteiger partial charge in [0.1, 0.15) is 11.5 Å². The van der Waals surface area contributed by atoms with E-state index in [1.807, 2.05) is 0 Å². The highest BCUT2D eigenvalue weighted by molar-refractivity contribution is 6.08. The number of nitrogens with one attached hydrogen (secondary N) is 2. The van der Waals surface area contributed by atoms with Gasteiger partial charge in [0, 0.05) is 28.7 Å². The van der Waals surface area contributed by atoms with E-state index >= 15 is 0 Å². The molecular weight excluding hydrogens is 434 g/mol. The van der Waals surface area contributed by atoms with Crippen LogP contribution in [0.1, 0.15) is 10.4 Å². The summed E-state index contributed by atoms with van der Waals surface area (Å²) in [6, 6.07) is 20.8. The minimum absolute atomic E-state index is 0.252. The fourth-order valence-electron chi connectivity index (χ4n) is 3.64. The van der Waals surface area contributed by atoms with E-state index < -0.39 is 11.8 Å². The molecule has 0 spiro atoms. The SMILES string of the molecule is COc1cccc(NC(=O)CNC(=O)c2cn(-c3ccccc3OC)c(=O)c3ccccc23)c1. The summed E-state index contributed by atoms with van der Waals surface area (Å²) in [4.78, 5) is 38.7. The van der Waals surface area contributed by atoms with Gasteiger partial charge < -0.3 is 20.1 Å². The molecule has 0 fully saturated rings. The van der Waals surface area contributed by atoms with Gasteiger partial charge in [-0.05, 0) is 30.3 Å². The van der Waals surface area contributed by atoms with Crippen molar-refractivity contribution in [2.24, 2.45) is 0 Å². The summed E-state index contributed by atoms with van der Waals surface area (Å²) in [6.07, 6.45) is 1.47. The molecule has 0 aliphatic rings. The predicted octanol–water partition coefficient (Wildman–Crippen LogP) is 3.38. The van der Waals surface area contributed by atoms with Gasteiger partial charge in [-0.2, -0.15) is 0 Å². The van der Waals surface area contributed by atoms with E-state index in [0.29, 0.717) is 33.6 Å². The quantitative estimate of drug-likeness (QED) is 0.443. The van der Waals surface area contributed by atoms with Crippen LogP contribution in [0.2, 0.25) is 0 Å². The van der Waals surface area contributed by atoms with Crippen LogP contribution in [0.15, 0.2) is 83.8 Å². The van der Waals surface area contributed by atoms with E-state index in [1.165, 1.54) is 25.0 Å². The Labute approximate surface area is 195 Å². The second-order valence-corrected chi connectivity index (χ2v) is 7.40. The van der Waals surface area contributed by atoms with Crippen molar-refractivity contribution in [3.8, 4) is 17.2 Å². The van der Waals surface area contributed by atoms with Crippen LogP contribution in [0, 0.1) is 0 Å². The molecule has 4 rings (SSSR count). The number of carbonyl (C=O) groups is 2. The molecule has 1 heterocycles. The molecule has 3 aromatic carbocycles. The maximum absolute atomic E-state index is 13.2. The zero-order valence-corrected chi connectivity index (χ0v) is 18.7. The van der Waals surface area contributed by atoms with Crippen LogP contribution in [0.5, 0.6) is 11.5 Å². The monoisotopic (exact) mass is 457 g/mol. The van der Waals surface area contributed by atoms with Crippen molar-refractivity contribution >= 4 is 28.3 Å². The lowest BCUT2D eigenvalue weighted by Gasteiger charge is -2.15. The number of para-hydroxylation sites is 2. The summed E-state index contributed by atoms with van der Waals surface area (Å²) >= 11 is 0.